The molecule has 0 saturated heterocycles. The number of hydrogen-bond donors (Lipinski definition) is 2. The molecular weight excluding hydrogens is 282 g/mol. The van der Waals surface area contributed by atoms with Gasteiger partial charge in [0.25, 0.3) is 0 Å². The van der Waals surface area contributed by atoms with Crippen LogP contribution in [0.2, 0.25) is 0 Å². The molecule has 0 aliphatic carbocycles. The Bertz CT molecular complexity index is 479. The van der Waals surface area contributed by atoms with E-state index in [-0.39, 0.29) is 46.2 Å². The number of hydrogen-bond acceptors (Lipinski definition) is 5. The van der Waals surface area contributed by atoms with Gasteiger partial charge in [-0.1, -0.05) is 0 Å². The van der Waals surface area contributed by atoms with Crippen molar-refractivity contribution in [2.45, 2.75) is 0 Å². The van der Waals surface area contributed by atoms with Gasteiger partial charge in [0.15, 0.2) is 0 Å². The van der Waals surface area contributed by atoms with Gasteiger partial charge < -0.3 is 5.32 Å². The van der Waals surface area contributed by atoms with Crippen LogP contribution in [-0.4, -0.2) is 59.2 Å². The van der Waals surface area contributed by atoms with Crippen molar-refractivity contribution in [3.8, 4) is 0 Å². The topological polar surface area (TPSA) is 96.4 Å². The van der Waals surface area contributed by atoms with E-state index < -0.39 is 26.6 Å². The first-order valence-electron chi connectivity index (χ1n) is 3.90. The fraction of sp³-hybridized carbons (Fsp3) is 0.143. The summed E-state index contributed by atoms with van der Waals surface area (Å²) in [6.45, 7) is 0. The fourth-order valence-corrected chi connectivity index (χ4v) is 1.85. The van der Waals surface area contributed by atoms with Gasteiger partial charge in [-0.05, 0) is 12.1 Å². The molecule has 17 heavy (non-hydrogen) atoms. The van der Waals surface area contributed by atoms with Crippen molar-refractivity contribution < 1.29 is 22.2 Å². The Morgan fingerprint density at radius 1 is 1.53 bits per heavy atom. The molecule has 1 amide bonds. The molecule has 1 heterocycles. The molecule has 1 rings (SSSR count). The Morgan fingerprint density at radius 2 is 2.18 bits per heavy atom. The summed E-state index contributed by atoms with van der Waals surface area (Å²) in [7, 11) is -4.16. The Balaban J connectivity index is 0.00000256. The van der Waals surface area contributed by atoms with Crippen molar-refractivity contribution in [3.63, 3.8) is 0 Å². The summed E-state index contributed by atoms with van der Waals surface area (Å²) in [6.07, 6.45) is 0.908. The van der Waals surface area contributed by atoms with E-state index in [0.717, 1.165) is 12.3 Å². The Morgan fingerprint density at radius 3 is 2.65 bits per heavy atom. The van der Waals surface area contributed by atoms with Crippen molar-refractivity contribution >= 4 is 61.2 Å². The third-order valence-corrected chi connectivity index (χ3v) is 3.26. The first-order chi connectivity index (χ1) is 7.37. The van der Waals surface area contributed by atoms with E-state index in [2.05, 4.69) is 10.3 Å². The molecular formula is C7H8FN2NaO4S2. The maximum absolute atomic E-state index is 12.4. The molecule has 90 valence electrons. The molecule has 0 unspecified atom stereocenters. The van der Waals surface area contributed by atoms with Crippen LogP contribution in [-0.2, 0) is 13.9 Å². The average molecular weight is 290 g/mol. The molecule has 1 aromatic heterocycles. The average Bonchev–Trinajstić information content (AvgIpc) is 2.18. The number of aromatic nitrogens is 1. The second kappa shape index (κ2) is 7.29. The molecule has 0 aliphatic rings. The Labute approximate surface area is 123 Å². The van der Waals surface area contributed by atoms with Crippen molar-refractivity contribution in [1.29, 1.82) is 0 Å². The summed E-state index contributed by atoms with van der Waals surface area (Å²) in [5.41, 5.74) is 0. The monoisotopic (exact) mass is 290 g/mol. The second-order valence-corrected chi connectivity index (χ2v) is 5.95. The van der Waals surface area contributed by atoms with Gasteiger partial charge in [0.2, 0.25) is 5.91 Å². The van der Waals surface area contributed by atoms with E-state index in [1.165, 1.54) is 6.07 Å². The van der Waals surface area contributed by atoms with E-state index in [1.54, 1.807) is 0 Å². The summed E-state index contributed by atoms with van der Waals surface area (Å²) in [5, 5.41) is 2.23. The van der Waals surface area contributed by atoms with E-state index in [9.17, 15) is 17.6 Å². The SMILES string of the molecule is O=C(CSS(=O)(=O)O)Nc1ccc(F)cn1.[NaH]. The van der Waals surface area contributed by atoms with Crippen LogP contribution in [0.3, 0.4) is 0 Å². The number of amides is 1. The molecule has 0 aliphatic heterocycles. The minimum atomic E-state index is -4.24. The first-order valence-corrected chi connectivity index (χ1v) is 6.84. The van der Waals surface area contributed by atoms with Crippen molar-refractivity contribution in [3.05, 3.63) is 24.1 Å². The van der Waals surface area contributed by atoms with Gasteiger partial charge in [0, 0.05) is 10.8 Å². The fourth-order valence-electron chi connectivity index (χ4n) is 0.757. The molecule has 2 N–H and O–H groups in total. The molecule has 0 atom stereocenters. The minimum absolute atomic E-state index is 0. The summed E-state index contributed by atoms with van der Waals surface area (Å²) in [6, 6.07) is 2.32. The van der Waals surface area contributed by atoms with Gasteiger partial charge in [0.1, 0.15) is 11.6 Å². The Kier molecular flexibility index (Phi) is 7.21. The summed E-state index contributed by atoms with van der Waals surface area (Å²) in [5.74, 6) is -1.59. The van der Waals surface area contributed by atoms with Gasteiger partial charge in [-0.3, -0.25) is 9.35 Å². The summed E-state index contributed by atoms with van der Waals surface area (Å²) >= 11 is 0. The van der Waals surface area contributed by atoms with Crippen LogP contribution in [0.25, 0.3) is 0 Å². The summed E-state index contributed by atoms with van der Waals surface area (Å²) in [4.78, 5) is 14.6. The zero-order chi connectivity index (χ0) is 12.2. The van der Waals surface area contributed by atoms with Crippen LogP contribution in [0.1, 0.15) is 0 Å². The molecule has 0 spiro atoms. The molecule has 0 fully saturated rings. The van der Waals surface area contributed by atoms with E-state index >= 15 is 0 Å². The predicted octanol–water partition coefficient (Wildman–Crippen LogP) is 0.0467. The van der Waals surface area contributed by atoms with Crippen molar-refractivity contribution in [1.82, 2.24) is 4.98 Å². The predicted molar refractivity (Wildman–Crippen MR) is 64.0 cm³/mol. The molecule has 0 bridgehead atoms. The van der Waals surface area contributed by atoms with Crippen LogP contribution < -0.4 is 5.32 Å². The summed E-state index contributed by atoms with van der Waals surface area (Å²) < 4.78 is 41.4. The number of pyridine rings is 1. The molecule has 6 nitrogen and oxygen atoms in total. The molecule has 0 saturated carbocycles. The zero-order valence-electron chi connectivity index (χ0n) is 7.75. The normalized spacial score (nSPS) is 10.5. The molecule has 10 heteroatoms. The van der Waals surface area contributed by atoms with Crippen LogP contribution in [0.15, 0.2) is 18.3 Å². The molecule has 0 aromatic carbocycles. The van der Waals surface area contributed by atoms with Crippen LogP contribution in [0.4, 0.5) is 10.2 Å². The first kappa shape index (κ1) is 16.8. The number of anilines is 1. The van der Waals surface area contributed by atoms with Crippen LogP contribution in [0, 0.1) is 5.82 Å². The van der Waals surface area contributed by atoms with E-state index in [0.29, 0.717) is 0 Å². The maximum atomic E-state index is 12.4. The van der Waals surface area contributed by atoms with Gasteiger partial charge >= 0.3 is 38.7 Å². The third-order valence-electron chi connectivity index (χ3n) is 1.33. The number of nitrogens with one attached hydrogen (secondary N) is 1. The van der Waals surface area contributed by atoms with Crippen molar-refractivity contribution in [2.24, 2.45) is 0 Å². The van der Waals surface area contributed by atoms with Crippen LogP contribution in [0.5, 0.6) is 0 Å². The van der Waals surface area contributed by atoms with E-state index in [1.807, 2.05) is 0 Å². The number of rotatable bonds is 4. The second-order valence-electron chi connectivity index (χ2n) is 2.60. The number of nitrogens with zero attached hydrogens (tertiary/aromatic N) is 1. The third kappa shape index (κ3) is 7.68. The van der Waals surface area contributed by atoms with Gasteiger partial charge in [-0.2, -0.15) is 8.42 Å². The van der Waals surface area contributed by atoms with Gasteiger partial charge in [-0.15, -0.1) is 0 Å². The molecule has 0 radical (unpaired) electrons. The van der Waals surface area contributed by atoms with Crippen LogP contribution >= 0.6 is 10.8 Å². The Hall–Kier alpha value is -0.190. The number of carbonyl (C=O) groups is 1. The number of carbonyl (C=O) groups excluding carboxylic acids is 1. The van der Waals surface area contributed by atoms with Gasteiger partial charge in [-0.25, -0.2) is 9.37 Å². The quantitative estimate of drug-likeness (QED) is 0.462. The standard InChI is InChI=1S/C7H7FN2O4S2.Na.H/c8-5-1-2-6(9-3-5)10-7(11)4-15-16(12,13)14;;/h1-3H,4H2,(H,9,10,11)(H,12,13,14);;. The number of halogens is 1. The molecule has 1 aromatic rings. The van der Waals surface area contributed by atoms with E-state index in [4.69, 9.17) is 4.55 Å². The van der Waals surface area contributed by atoms with Gasteiger partial charge in [0.05, 0.1) is 11.9 Å². The van der Waals surface area contributed by atoms with Crippen molar-refractivity contribution in [2.75, 3.05) is 11.1 Å². The zero-order valence-corrected chi connectivity index (χ0v) is 9.39.